The molecule has 0 atom stereocenters. The van der Waals surface area contributed by atoms with Gasteiger partial charge in [-0.25, -0.2) is 13.2 Å². The standard InChI is InChI=1S/C21H16ClIN2O5S/c1-25(16-7-4-14(22)5-8-16)31(29,30)17-9-2-13(3-10-17)20(26)24-19-11-6-15(23)12-18(19)21(27)28/h2-12H,1H3,(H,24,26)(H,27,28). The molecule has 0 bridgehead atoms. The number of anilines is 2. The first-order chi connectivity index (χ1) is 14.6. The normalized spacial score (nSPS) is 11.1. The van der Waals surface area contributed by atoms with E-state index >= 15 is 0 Å². The van der Waals surface area contributed by atoms with Gasteiger partial charge in [-0.15, -0.1) is 0 Å². The summed E-state index contributed by atoms with van der Waals surface area (Å²) in [6.07, 6.45) is 0. The molecule has 3 aromatic rings. The van der Waals surface area contributed by atoms with Gasteiger partial charge in [-0.2, -0.15) is 0 Å². The Kier molecular flexibility index (Phi) is 6.87. The number of benzene rings is 3. The monoisotopic (exact) mass is 570 g/mol. The second kappa shape index (κ2) is 9.25. The molecule has 10 heteroatoms. The molecule has 0 heterocycles. The maximum absolute atomic E-state index is 12.9. The van der Waals surface area contributed by atoms with Crippen LogP contribution in [-0.4, -0.2) is 32.4 Å². The molecule has 0 aliphatic carbocycles. The number of hydrogen-bond donors (Lipinski definition) is 2. The fourth-order valence-corrected chi connectivity index (χ4v) is 4.54. The minimum absolute atomic E-state index is 0.00184. The lowest BCUT2D eigenvalue weighted by molar-refractivity contribution is 0.0698. The first-order valence-electron chi connectivity index (χ1n) is 8.78. The van der Waals surface area contributed by atoms with Crippen LogP contribution >= 0.6 is 34.2 Å². The molecule has 3 rings (SSSR count). The van der Waals surface area contributed by atoms with Gasteiger partial charge in [0.25, 0.3) is 15.9 Å². The minimum atomic E-state index is -3.85. The maximum atomic E-state index is 12.9. The number of carboxylic acids is 1. The molecule has 0 radical (unpaired) electrons. The number of hydrogen-bond acceptors (Lipinski definition) is 4. The molecule has 160 valence electrons. The van der Waals surface area contributed by atoms with Gasteiger partial charge in [0, 0.05) is 21.2 Å². The summed E-state index contributed by atoms with van der Waals surface area (Å²) in [6.45, 7) is 0. The van der Waals surface area contributed by atoms with Crippen molar-refractivity contribution in [2.24, 2.45) is 0 Å². The first-order valence-corrected chi connectivity index (χ1v) is 11.7. The Bertz CT molecular complexity index is 1250. The summed E-state index contributed by atoms with van der Waals surface area (Å²) in [5.41, 5.74) is 0.732. The molecule has 2 N–H and O–H groups in total. The van der Waals surface area contributed by atoms with Crippen molar-refractivity contribution < 1.29 is 23.1 Å². The SMILES string of the molecule is CN(c1ccc(Cl)cc1)S(=O)(=O)c1ccc(C(=O)Nc2ccc(I)cc2C(=O)O)cc1. The predicted octanol–water partition coefficient (Wildman–Crippen LogP) is 4.72. The maximum Gasteiger partial charge on any atom is 0.337 e. The Morgan fingerprint density at radius 1 is 1.00 bits per heavy atom. The highest BCUT2D eigenvalue weighted by atomic mass is 127. The third kappa shape index (κ3) is 5.17. The largest absolute Gasteiger partial charge is 0.478 e. The average molecular weight is 571 g/mol. The molecular formula is C21H16ClIN2O5S. The number of halogens is 2. The number of amides is 1. The molecule has 0 aliphatic rings. The number of carbonyl (C=O) groups is 2. The number of nitrogens with one attached hydrogen (secondary N) is 1. The fraction of sp³-hybridized carbons (Fsp3) is 0.0476. The van der Waals surface area contributed by atoms with E-state index in [2.05, 4.69) is 5.32 Å². The van der Waals surface area contributed by atoms with E-state index in [9.17, 15) is 23.1 Å². The number of rotatable bonds is 6. The topological polar surface area (TPSA) is 104 Å². The van der Waals surface area contributed by atoms with Gasteiger partial charge < -0.3 is 10.4 Å². The minimum Gasteiger partial charge on any atom is -0.478 e. The molecule has 3 aromatic carbocycles. The molecule has 1 amide bonds. The Balaban J connectivity index is 1.82. The molecule has 7 nitrogen and oxygen atoms in total. The average Bonchev–Trinajstić information content (AvgIpc) is 2.75. The highest BCUT2D eigenvalue weighted by molar-refractivity contribution is 14.1. The van der Waals surface area contributed by atoms with Crippen LogP contribution < -0.4 is 9.62 Å². The zero-order chi connectivity index (χ0) is 22.8. The van der Waals surface area contributed by atoms with Gasteiger partial charge in [0.15, 0.2) is 0 Å². The summed E-state index contributed by atoms with van der Waals surface area (Å²) < 4.78 is 27.6. The van der Waals surface area contributed by atoms with Gasteiger partial charge in [-0.3, -0.25) is 9.10 Å². The number of nitrogens with zero attached hydrogens (tertiary/aromatic N) is 1. The van der Waals surface area contributed by atoms with E-state index in [4.69, 9.17) is 11.6 Å². The van der Waals surface area contributed by atoms with Crippen molar-refractivity contribution in [2.75, 3.05) is 16.7 Å². The van der Waals surface area contributed by atoms with Crippen molar-refractivity contribution in [2.45, 2.75) is 4.90 Å². The van der Waals surface area contributed by atoms with Crippen LogP contribution in [0.3, 0.4) is 0 Å². The molecular weight excluding hydrogens is 555 g/mol. The van der Waals surface area contributed by atoms with Crippen molar-refractivity contribution in [1.29, 1.82) is 0 Å². The van der Waals surface area contributed by atoms with E-state index in [1.807, 2.05) is 22.6 Å². The molecule has 0 aliphatic heterocycles. The Hall–Kier alpha value is -2.63. The van der Waals surface area contributed by atoms with Gasteiger partial charge in [0.2, 0.25) is 0 Å². The lowest BCUT2D eigenvalue weighted by Gasteiger charge is -2.19. The van der Waals surface area contributed by atoms with E-state index in [-0.39, 0.29) is 21.7 Å². The van der Waals surface area contributed by atoms with Crippen LogP contribution in [0.5, 0.6) is 0 Å². The zero-order valence-electron chi connectivity index (χ0n) is 16.0. The third-order valence-electron chi connectivity index (χ3n) is 4.43. The van der Waals surface area contributed by atoms with Crippen LogP contribution in [0.15, 0.2) is 71.6 Å². The first kappa shape index (κ1) is 23.0. The lowest BCUT2D eigenvalue weighted by atomic mass is 10.1. The summed E-state index contributed by atoms with van der Waals surface area (Å²) in [4.78, 5) is 24.0. The van der Waals surface area contributed by atoms with E-state index < -0.39 is 21.9 Å². The molecule has 0 aromatic heterocycles. The summed E-state index contributed by atoms with van der Waals surface area (Å²) in [7, 11) is -2.43. The molecule has 31 heavy (non-hydrogen) atoms. The fourth-order valence-electron chi connectivity index (χ4n) is 2.72. The molecule has 0 spiro atoms. The van der Waals surface area contributed by atoms with E-state index in [1.165, 1.54) is 43.4 Å². The van der Waals surface area contributed by atoms with Crippen molar-refractivity contribution >= 4 is 67.5 Å². The quantitative estimate of drug-likeness (QED) is 0.418. The second-order valence-electron chi connectivity index (χ2n) is 6.42. The smallest absolute Gasteiger partial charge is 0.337 e. The number of sulfonamides is 1. The van der Waals surface area contributed by atoms with Crippen LogP contribution in [0, 0.1) is 3.57 Å². The Morgan fingerprint density at radius 2 is 1.61 bits per heavy atom. The number of carbonyl (C=O) groups excluding carboxylic acids is 1. The van der Waals surface area contributed by atoms with Crippen molar-refractivity contribution in [3.05, 3.63) is 86.4 Å². The van der Waals surface area contributed by atoms with Gasteiger partial charge in [-0.05, 0) is 89.3 Å². The van der Waals surface area contributed by atoms with E-state index in [0.29, 0.717) is 14.3 Å². The van der Waals surface area contributed by atoms with Gasteiger partial charge >= 0.3 is 5.97 Å². The van der Waals surface area contributed by atoms with Crippen LogP contribution in [-0.2, 0) is 10.0 Å². The van der Waals surface area contributed by atoms with Crippen molar-refractivity contribution in [3.63, 3.8) is 0 Å². The van der Waals surface area contributed by atoms with Crippen molar-refractivity contribution in [3.8, 4) is 0 Å². The molecule has 0 fully saturated rings. The van der Waals surface area contributed by atoms with Gasteiger partial charge in [0.05, 0.1) is 21.8 Å². The third-order valence-corrected chi connectivity index (χ3v) is 7.15. The summed E-state index contributed by atoms with van der Waals surface area (Å²) >= 11 is 7.83. The summed E-state index contributed by atoms with van der Waals surface area (Å²) in [6, 6.07) is 16.3. The Morgan fingerprint density at radius 3 is 2.19 bits per heavy atom. The highest BCUT2D eigenvalue weighted by Crippen LogP contribution is 2.24. The van der Waals surface area contributed by atoms with Crippen molar-refractivity contribution in [1.82, 2.24) is 0 Å². The van der Waals surface area contributed by atoms with E-state index in [1.54, 1.807) is 30.3 Å². The van der Waals surface area contributed by atoms with Gasteiger partial charge in [-0.1, -0.05) is 11.6 Å². The Labute approximate surface area is 197 Å². The lowest BCUT2D eigenvalue weighted by Crippen LogP contribution is -2.26. The van der Waals surface area contributed by atoms with Crippen LogP contribution in [0.25, 0.3) is 0 Å². The zero-order valence-corrected chi connectivity index (χ0v) is 19.8. The molecule has 0 saturated heterocycles. The predicted molar refractivity (Wildman–Crippen MR) is 128 cm³/mol. The summed E-state index contributed by atoms with van der Waals surface area (Å²) in [5, 5.41) is 12.4. The highest BCUT2D eigenvalue weighted by Gasteiger charge is 2.22. The second-order valence-corrected chi connectivity index (χ2v) is 10.1. The summed E-state index contributed by atoms with van der Waals surface area (Å²) in [5.74, 6) is -1.72. The molecule has 0 saturated carbocycles. The number of carboxylic acid groups (broad SMARTS) is 1. The van der Waals surface area contributed by atoms with Crippen LogP contribution in [0.1, 0.15) is 20.7 Å². The van der Waals surface area contributed by atoms with Crippen LogP contribution in [0.2, 0.25) is 5.02 Å². The van der Waals surface area contributed by atoms with Gasteiger partial charge in [0.1, 0.15) is 0 Å². The van der Waals surface area contributed by atoms with E-state index in [0.717, 1.165) is 4.31 Å². The molecule has 0 unspecified atom stereocenters. The number of aromatic carboxylic acids is 1. The van der Waals surface area contributed by atoms with Crippen LogP contribution in [0.4, 0.5) is 11.4 Å².